The first-order valence-electron chi connectivity index (χ1n) is 5.98. The van der Waals surface area contributed by atoms with Crippen molar-refractivity contribution in [1.29, 1.82) is 0 Å². The molecule has 110 valence electrons. The van der Waals surface area contributed by atoms with Gasteiger partial charge in [0, 0.05) is 22.3 Å². The molecule has 0 atom stereocenters. The van der Waals surface area contributed by atoms with Gasteiger partial charge in [0.05, 0.1) is 0 Å². The number of halogens is 1. The van der Waals surface area contributed by atoms with Crippen molar-refractivity contribution >= 4 is 29.3 Å². The van der Waals surface area contributed by atoms with Crippen LogP contribution in [0.3, 0.4) is 0 Å². The van der Waals surface area contributed by atoms with Crippen LogP contribution < -0.4 is 11.5 Å². The third-order valence-electron chi connectivity index (χ3n) is 2.68. The zero-order valence-corrected chi connectivity index (χ0v) is 11.7. The number of primary amides is 1. The van der Waals surface area contributed by atoms with Crippen molar-refractivity contribution in [3.63, 3.8) is 0 Å². The quantitative estimate of drug-likeness (QED) is 0.799. The zero-order chi connectivity index (χ0) is 15.4. The highest BCUT2D eigenvalue weighted by molar-refractivity contribution is 6.31. The van der Waals surface area contributed by atoms with E-state index in [-0.39, 0.29) is 13.2 Å². The van der Waals surface area contributed by atoms with E-state index in [2.05, 4.69) is 5.10 Å². The molecule has 0 saturated heterocycles. The van der Waals surface area contributed by atoms with E-state index in [0.717, 1.165) is 0 Å². The number of hydrogen-bond donors (Lipinski definition) is 2. The van der Waals surface area contributed by atoms with Crippen LogP contribution in [0, 0.1) is 0 Å². The number of nitrogen functional groups attached to an aromatic ring is 1. The molecule has 2 aromatic rings. The number of anilines is 1. The van der Waals surface area contributed by atoms with Crippen molar-refractivity contribution < 1.29 is 14.3 Å². The molecule has 0 bridgehead atoms. The Hall–Kier alpha value is -2.54. The summed E-state index contributed by atoms with van der Waals surface area (Å²) in [6, 6.07) is 6.11. The van der Waals surface area contributed by atoms with Crippen LogP contribution in [0.5, 0.6) is 0 Å². The molecule has 0 spiro atoms. The molecule has 0 radical (unpaired) electrons. The first-order valence-corrected chi connectivity index (χ1v) is 6.36. The summed E-state index contributed by atoms with van der Waals surface area (Å²) in [5.41, 5.74) is 11.5. The van der Waals surface area contributed by atoms with Crippen molar-refractivity contribution in [2.45, 2.75) is 13.2 Å². The minimum absolute atomic E-state index is 0.00649. The number of hydrogen-bond acceptors (Lipinski definition) is 5. The predicted molar refractivity (Wildman–Crippen MR) is 76.4 cm³/mol. The molecule has 8 heteroatoms. The van der Waals surface area contributed by atoms with Gasteiger partial charge in [-0.05, 0) is 18.2 Å². The molecule has 1 amide bonds. The Labute approximate surface area is 125 Å². The van der Waals surface area contributed by atoms with Crippen LogP contribution in [0.2, 0.25) is 5.02 Å². The molecular weight excluding hydrogens is 296 g/mol. The number of nitrogens with zero attached hydrogens (tertiary/aromatic N) is 2. The third kappa shape index (κ3) is 3.96. The fourth-order valence-electron chi connectivity index (χ4n) is 1.62. The van der Waals surface area contributed by atoms with Gasteiger partial charge in [-0.3, -0.25) is 14.3 Å². The van der Waals surface area contributed by atoms with E-state index in [1.165, 1.54) is 16.8 Å². The molecule has 1 aromatic carbocycles. The number of benzene rings is 1. The Kier molecular flexibility index (Phi) is 4.44. The van der Waals surface area contributed by atoms with Crippen LogP contribution >= 0.6 is 11.6 Å². The second-order valence-electron chi connectivity index (χ2n) is 4.27. The molecule has 0 aliphatic carbocycles. The Morgan fingerprint density at radius 1 is 1.33 bits per heavy atom. The fraction of sp³-hybridized carbons (Fsp3) is 0.154. The van der Waals surface area contributed by atoms with Crippen molar-refractivity contribution in [2.75, 3.05) is 5.73 Å². The summed E-state index contributed by atoms with van der Waals surface area (Å²) in [4.78, 5) is 22.6. The summed E-state index contributed by atoms with van der Waals surface area (Å²) in [5.74, 6) is -0.724. The molecule has 7 nitrogen and oxygen atoms in total. The van der Waals surface area contributed by atoms with Crippen molar-refractivity contribution in [2.24, 2.45) is 5.73 Å². The normalized spacial score (nSPS) is 10.3. The molecule has 21 heavy (non-hydrogen) atoms. The summed E-state index contributed by atoms with van der Waals surface area (Å²) < 4.78 is 6.45. The average Bonchev–Trinajstić information content (AvgIpc) is 2.82. The molecule has 0 saturated carbocycles. The minimum Gasteiger partial charge on any atom is -0.459 e. The van der Waals surface area contributed by atoms with Gasteiger partial charge < -0.3 is 16.2 Å². The molecule has 1 heterocycles. The van der Waals surface area contributed by atoms with Gasteiger partial charge in [0.1, 0.15) is 19.0 Å². The van der Waals surface area contributed by atoms with E-state index in [1.807, 2.05) is 0 Å². The number of nitrogens with two attached hydrogens (primary N) is 2. The smallest absolute Gasteiger partial charge is 0.328 e. The lowest BCUT2D eigenvalue weighted by Crippen LogP contribution is -2.14. The van der Waals surface area contributed by atoms with E-state index in [1.54, 1.807) is 18.3 Å². The second-order valence-corrected chi connectivity index (χ2v) is 4.68. The number of ether oxygens (including phenoxy) is 1. The molecule has 0 fully saturated rings. The zero-order valence-electron chi connectivity index (χ0n) is 11.0. The number of aromatic nitrogens is 2. The second kappa shape index (κ2) is 6.27. The number of amides is 1. The van der Waals surface area contributed by atoms with Crippen LogP contribution in [0.4, 0.5) is 5.82 Å². The van der Waals surface area contributed by atoms with Gasteiger partial charge in [-0.25, -0.2) is 0 Å². The van der Waals surface area contributed by atoms with Crippen molar-refractivity contribution in [1.82, 2.24) is 9.78 Å². The minimum atomic E-state index is -0.572. The van der Waals surface area contributed by atoms with E-state index in [9.17, 15) is 9.59 Å². The first kappa shape index (κ1) is 14.9. The molecule has 1 aromatic heterocycles. The van der Waals surface area contributed by atoms with Crippen LogP contribution in [0.25, 0.3) is 0 Å². The van der Waals surface area contributed by atoms with Gasteiger partial charge in [-0.2, -0.15) is 5.10 Å². The summed E-state index contributed by atoms with van der Waals surface area (Å²) >= 11 is 5.99. The number of carbonyl (C=O) groups excluding carboxylic acids is 2. The van der Waals surface area contributed by atoms with Gasteiger partial charge in [-0.1, -0.05) is 17.7 Å². The summed E-state index contributed by atoms with van der Waals surface area (Å²) in [6.07, 6.45) is 1.57. The first-order chi connectivity index (χ1) is 9.95. The van der Waals surface area contributed by atoms with Crippen LogP contribution in [0.15, 0.2) is 30.5 Å². The highest BCUT2D eigenvalue weighted by atomic mass is 35.5. The van der Waals surface area contributed by atoms with Crippen LogP contribution in [-0.4, -0.2) is 21.7 Å². The molecular formula is C13H13ClN4O3. The van der Waals surface area contributed by atoms with E-state index in [4.69, 9.17) is 27.8 Å². The number of carbonyl (C=O) groups is 2. The van der Waals surface area contributed by atoms with Gasteiger partial charge in [0.2, 0.25) is 5.91 Å². The highest BCUT2D eigenvalue weighted by Gasteiger charge is 2.09. The summed E-state index contributed by atoms with van der Waals surface area (Å²) in [5, 5.41) is 4.18. The standard InChI is InChI=1S/C13H13ClN4O3/c14-10-5-8(13(16)20)1-2-9(10)7-21-12(19)6-18-4-3-11(15)17-18/h1-5H,6-7H2,(H2,15,17)(H2,16,20). The fourth-order valence-corrected chi connectivity index (χ4v) is 1.85. The Morgan fingerprint density at radius 2 is 2.10 bits per heavy atom. The van der Waals surface area contributed by atoms with Gasteiger partial charge in [0.25, 0.3) is 0 Å². The lowest BCUT2D eigenvalue weighted by Gasteiger charge is -2.07. The predicted octanol–water partition coefficient (Wildman–Crippen LogP) is 0.961. The molecule has 0 aliphatic heterocycles. The lowest BCUT2D eigenvalue weighted by atomic mass is 10.1. The monoisotopic (exact) mass is 308 g/mol. The Morgan fingerprint density at radius 3 is 2.67 bits per heavy atom. The Bertz CT molecular complexity index is 684. The van der Waals surface area contributed by atoms with E-state index >= 15 is 0 Å². The van der Waals surface area contributed by atoms with Gasteiger partial charge in [0.15, 0.2) is 0 Å². The van der Waals surface area contributed by atoms with E-state index in [0.29, 0.717) is 22.0 Å². The maximum absolute atomic E-state index is 11.6. The molecule has 2 rings (SSSR count). The average molecular weight is 309 g/mol. The lowest BCUT2D eigenvalue weighted by molar-refractivity contribution is -0.145. The van der Waals surface area contributed by atoms with Gasteiger partial charge >= 0.3 is 5.97 Å². The maximum Gasteiger partial charge on any atom is 0.328 e. The SMILES string of the molecule is NC(=O)c1ccc(COC(=O)Cn2ccc(N)n2)c(Cl)c1. The van der Waals surface area contributed by atoms with Crippen molar-refractivity contribution in [3.8, 4) is 0 Å². The summed E-state index contributed by atoms with van der Waals surface area (Å²) in [7, 11) is 0. The third-order valence-corrected chi connectivity index (χ3v) is 3.03. The van der Waals surface area contributed by atoms with Gasteiger partial charge in [-0.15, -0.1) is 0 Å². The number of rotatable bonds is 5. The Balaban J connectivity index is 1.93. The van der Waals surface area contributed by atoms with Crippen LogP contribution in [0.1, 0.15) is 15.9 Å². The number of esters is 1. The van der Waals surface area contributed by atoms with Crippen molar-refractivity contribution in [3.05, 3.63) is 46.6 Å². The summed E-state index contributed by atoms with van der Waals surface area (Å²) in [6.45, 7) is -0.0539. The molecule has 0 aliphatic rings. The highest BCUT2D eigenvalue weighted by Crippen LogP contribution is 2.18. The van der Waals surface area contributed by atoms with E-state index < -0.39 is 11.9 Å². The van der Waals surface area contributed by atoms with Crippen LogP contribution in [-0.2, 0) is 22.7 Å². The maximum atomic E-state index is 11.6. The molecule has 4 N–H and O–H groups in total. The topological polar surface area (TPSA) is 113 Å². The molecule has 0 unspecified atom stereocenters. The largest absolute Gasteiger partial charge is 0.459 e.